The van der Waals surface area contributed by atoms with Gasteiger partial charge in [0.15, 0.2) is 6.10 Å². The van der Waals surface area contributed by atoms with Crippen molar-refractivity contribution in [2.45, 2.75) is 348 Å². The van der Waals surface area contributed by atoms with Gasteiger partial charge in [-0.2, -0.15) is 0 Å². The molecule has 67 heavy (non-hydrogen) atoms. The summed E-state index contributed by atoms with van der Waals surface area (Å²) in [7, 11) is 0. The maximum atomic E-state index is 12.8. The molecule has 6 heteroatoms. The van der Waals surface area contributed by atoms with E-state index >= 15 is 0 Å². The summed E-state index contributed by atoms with van der Waals surface area (Å²) in [6, 6.07) is 0. The average molecular weight is 946 g/mol. The van der Waals surface area contributed by atoms with Gasteiger partial charge >= 0.3 is 17.9 Å². The van der Waals surface area contributed by atoms with Crippen LogP contribution in [0, 0.1) is 0 Å². The molecule has 0 aliphatic carbocycles. The van der Waals surface area contributed by atoms with Crippen LogP contribution in [0.25, 0.3) is 0 Å². The van der Waals surface area contributed by atoms with Gasteiger partial charge in [-0.1, -0.05) is 290 Å². The zero-order chi connectivity index (χ0) is 48.6. The zero-order valence-electron chi connectivity index (χ0n) is 45.5. The topological polar surface area (TPSA) is 78.9 Å². The van der Waals surface area contributed by atoms with Gasteiger partial charge in [0.2, 0.25) is 0 Å². The van der Waals surface area contributed by atoms with Gasteiger partial charge in [-0.3, -0.25) is 14.4 Å². The third-order valence-electron chi connectivity index (χ3n) is 13.8. The molecular formula is C61H116O6. The van der Waals surface area contributed by atoms with Crippen molar-refractivity contribution in [2.24, 2.45) is 0 Å². The number of hydrogen-bond acceptors (Lipinski definition) is 6. The van der Waals surface area contributed by atoms with Gasteiger partial charge < -0.3 is 14.2 Å². The highest BCUT2D eigenvalue weighted by Gasteiger charge is 2.19. The predicted octanol–water partition coefficient (Wildman–Crippen LogP) is 20.1. The minimum absolute atomic E-state index is 0.0680. The predicted molar refractivity (Wildman–Crippen MR) is 289 cm³/mol. The first kappa shape index (κ1) is 65.1. The van der Waals surface area contributed by atoms with Crippen LogP contribution in [0.15, 0.2) is 12.2 Å². The third kappa shape index (κ3) is 55.0. The van der Waals surface area contributed by atoms with Gasteiger partial charge in [-0.25, -0.2) is 0 Å². The highest BCUT2D eigenvalue weighted by Crippen LogP contribution is 2.18. The van der Waals surface area contributed by atoms with Crippen molar-refractivity contribution in [1.82, 2.24) is 0 Å². The van der Waals surface area contributed by atoms with Crippen LogP contribution in [0.5, 0.6) is 0 Å². The molecule has 0 rings (SSSR count). The number of hydrogen-bond donors (Lipinski definition) is 0. The molecule has 0 bridgehead atoms. The largest absolute Gasteiger partial charge is 0.462 e. The number of unbranched alkanes of at least 4 members (excludes halogenated alkanes) is 43. The SMILES string of the molecule is CCCCCCCC/C=C\CCCCCCCC(=O)OC(COC(=O)CCCCCCCCCC)COC(=O)CCCCCCCCCCCCCCCCCCCCCCCCCCCC. The molecule has 0 amide bonds. The van der Waals surface area contributed by atoms with Crippen molar-refractivity contribution in [3.8, 4) is 0 Å². The molecule has 0 aliphatic rings. The standard InChI is InChI=1S/C61H116O6/c1-4-7-10-13-16-19-21-23-25-26-27-28-29-30-31-32-33-34-35-37-38-40-42-45-48-51-54-60(63)66-57-58(56-65-59(62)53-50-47-44-18-15-12-9-6-3)67-61(64)55-52-49-46-43-41-39-36-24-22-20-17-14-11-8-5-2/h24,36,58H,4-23,25-35,37-57H2,1-3H3/b36-24-. The normalized spacial score (nSPS) is 12.0. The van der Waals surface area contributed by atoms with Crippen molar-refractivity contribution in [2.75, 3.05) is 13.2 Å². The summed E-state index contributed by atoms with van der Waals surface area (Å²) in [5.41, 5.74) is 0. The van der Waals surface area contributed by atoms with E-state index < -0.39 is 6.10 Å². The molecule has 0 saturated heterocycles. The van der Waals surface area contributed by atoms with Crippen molar-refractivity contribution < 1.29 is 28.6 Å². The second-order valence-corrected chi connectivity index (χ2v) is 20.6. The number of rotatable bonds is 56. The van der Waals surface area contributed by atoms with Gasteiger partial charge in [0, 0.05) is 19.3 Å². The Morgan fingerprint density at radius 2 is 0.493 bits per heavy atom. The van der Waals surface area contributed by atoms with Crippen molar-refractivity contribution in [1.29, 1.82) is 0 Å². The van der Waals surface area contributed by atoms with Crippen LogP contribution in [0.3, 0.4) is 0 Å². The average Bonchev–Trinajstić information content (AvgIpc) is 3.33. The Balaban J connectivity index is 4.08. The van der Waals surface area contributed by atoms with Gasteiger partial charge in [0.05, 0.1) is 0 Å². The Morgan fingerprint density at radius 1 is 0.284 bits per heavy atom. The third-order valence-corrected chi connectivity index (χ3v) is 13.8. The van der Waals surface area contributed by atoms with Crippen molar-refractivity contribution in [3.05, 3.63) is 12.2 Å². The van der Waals surface area contributed by atoms with E-state index in [-0.39, 0.29) is 31.1 Å². The maximum Gasteiger partial charge on any atom is 0.306 e. The molecule has 0 heterocycles. The Labute approximate surface area is 418 Å². The quantitative estimate of drug-likeness (QED) is 0.0262. The van der Waals surface area contributed by atoms with Crippen molar-refractivity contribution >= 4 is 17.9 Å². The monoisotopic (exact) mass is 945 g/mol. The number of carbonyl (C=O) groups excluding carboxylic acids is 3. The molecule has 0 radical (unpaired) electrons. The molecule has 0 spiro atoms. The van der Waals surface area contributed by atoms with E-state index in [4.69, 9.17) is 14.2 Å². The number of esters is 3. The summed E-state index contributed by atoms with van der Waals surface area (Å²) in [6.45, 7) is 6.65. The lowest BCUT2D eigenvalue weighted by Gasteiger charge is -2.18. The lowest BCUT2D eigenvalue weighted by Crippen LogP contribution is -2.30. The molecule has 0 aromatic heterocycles. The van der Waals surface area contributed by atoms with Crippen LogP contribution in [-0.4, -0.2) is 37.2 Å². The fourth-order valence-electron chi connectivity index (χ4n) is 9.21. The molecule has 6 nitrogen and oxygen atoms in total. The second kappa shape index (κ2) is 56.7. The summed E-state index contributed by atoms with van der Waals surface area (Å²) in [5, 5.41) is 0. The Bertz CT molecular complexity index is 1040. The van der Waals surface area contributed by atoms with Crippen LogP contribution in [0.2, 0.25) is 0 Å². The molecule has 0 aromatic rings. The van der Waals surface area contributed by atoms with E-state index in [1.165, 1.54) is 238 Å². The van der Waals surface area contributed by atoms with Gasteiger partial charge in [-0.15, -0.1) is 0 Å². The highest BCUT2D eigenvalue weighted by molar-refractivity contribution is 5.71. The van der Waals surface area contributed by atoms with E-state index in [1.54, 1.807) is 0 Å². The Hall–Kier alpha value is -1.85. The van der Waals surface area contributed by atoms with Crippen LogP contribution in [-0.2, 0) is 28.6 Å². The summed E-state index contributed by atoms with van der Waals surface area (Å²) in [6.07, 6.45) is 65.2. The summed E-state index contributed by atoms with van der Waals surface area (Å²) >= 11 is 0. The zero-order valence-corrected chi connectivity index (χ0v) is 45.5. The lowest BCUT2D eigenvalue weighted by atomic mass is 10.0. The van der Waals surface area contributed by atoms with Crippen molar-refractivity contribution in [3.63, 3.8) is 0 Å². The van der Waals surface area contributed by atoms with E-state index in [0.717, 1.165) is 64.2 Å². The molecule has 396 valence electrons. The van der Waals surface area contributed by atoms with E-state index in [9.17, 15) is 14.4 Å². The number of ether oxygens (including phenoxy) is 3. The van der Waals surface area contributed by atoms with E-state index in [0.29, 0.717) is 19.3 Å². The summed E-state index contributed by atoms with van der Waals surface area (Å²) in [4.78, 5) is 38.0. The van der Waals surface area contributed by atoms with Gasteiger partial charge in [-0.05, 0) is 44.9 Å². The van der Waals surface area contributed by atoms with Crippen LogP contribution in [0.1, 0.15) is 342 Å². The first-order valence-electron chi connectivity index (χ1n) is 30.2. The fraction of sp³-hybridized carbons (Fsp3) is 0.918. The summed E-state index contributed by atoms with van der Waals surface area (Å²) < 4.78 is 16.8. The summed E-state index contributed by atoms with van der Waals surface area (Å²) in [5.74, 6) is -0.859. The van der Waals surface area contributed by atoms with Gasteiger partial charge in [0.1, 0.15) is 13.2 Å². The fourth-order valence-corrected chi connectivity index (χ4v) is 9.21. The van der Waals surface area contributed by atoms with E-state index in [1.807, 2.05) is 0 Å². The first-order chi connectivity index (χ1) is 33.0. The number of carbonyl (C=O) groups is 3. The molecule has 0 saturated carbocycles. The second-order valence-electron chi connectivity index (χ2n) is 20.6. The first-order valence-corrected chi connectivity index (χ1v) is 30.2. The van der Waals surface area contributed by atoms with Crippen LogP contribution in [0.4, 0.5) is 0 Å². The van der Waals surface area contributed by atoms with Crippen LogP contribution < -0.4 is 0 Å². The molecule has 0 fully saturated rings. The smallest absolute Gasteiger partial charge is 0.306 e. The molecule has 1 unspecified atom stereocenters. The minimum atomic E-state index is -0.768. The molecule has 0 aliphatic heterocycles. The molecular weight excluding hydrogens is 829 g/mol. The molecule has 0 aromatic carbocycles. The Kier molecular flexibility index (Phi) is 55.2. The molecule has 0 N–H and O–H groups in total. The Morgan fingerprint density at radius 3 is 0.746 bits per heavy atom. The lowest BCUT2D eigenvalue weighted by molar-refractivity contribution is -0.167. The molecule has 1 atom stereocenters. The van der Waals surface area contributed by atoms with E-state index in [2.05, 4.69) is 32.9 Å². The maximum absolute atomic E-state index is 12.8. The highest BCUT2D eigenvalue weighted by atomic mass is 16.6. The van der Waals surface area contributed by atoms with Gasteiger partial charge in [0.25, 0.3) is 0 Å². The van der Waals surface area contributed by atoms with Crippen LogP contribution >= 0.6 is 0 Å². The minimum Gasteiger partial charge on any atom is -0.462 e. The number of allylic oxidation sites excluding steroid dienone is 2.